The van der Waals surface area contributed by atoms with Crippen molar-refractivity contribution in [3.05, 3.63) is 35.9 Å². The molecule has 0 spiro atoms. The number of ether oxygens (including phenoxy) is 1. The molecule has 1 aromatic carbocycles. The maximum atomic E-state index is 12.0. The molecule has 0 aromatic heterocycles. The number of hydrogen-bond acceptors (Lipinski definition) is 8. The predicted molar refractivity (Wildman–Crippen MR) is 85.2 cm³/mol. The van der Waals surface area contributed by atoms with Crippen LogP contribution in [0.1, 0.15) is 19.4 Å². The van der Waals surface area contributed by atoms with Gasteiger partial charge in [-0.3, -0.25) is 10.0 Å². The zero-order valence-corrected chi connectivity index (χ0v) is 19.0. The van der Waals surface area contributed by atoms with E-state index in [4.69, 9.17) is 4.74 Å². The van der Waals surface area contributed by atoms with Crippen molar-refractivity contribution in [3.8, 4) is 0 Å². The largest absolute Gasteiger partial charge is 1.00 e. The first-order chi connectivity index (χ1) is 12.0. The number of amides is 2. The first-order valence-electron chi connectivity index (χ1n) is 7.72. The summed E-state index contributed by atoms with van der Waals surface area (Å²) in [6.45, 7) is 2.34. The molecule has 2 rings (SSSR count). The van der Waals surface area contributed by atoms with Crippen LogP contribution in [0.2, 0.25) is 0 Å². The number of aliphatic hydroxyl groups excluding tert-OH is 1. The van der Waals surface area contributed by atoms with Gasteiger partial charge in [-0.15, -0.1) is 0 Å². The van der Waals surface area contributed by atoms with Crippen LogP contribution in [0.3, 0.4) is 0 Å². The maximum Gasteiger partial charge on any atom is 1.00 e. The maximum absolute atomic E-state index is 12.0. The summed E-state index contributed by atoms with van der Waals surface area (Å²) < 4.78 is 38.7. The third-order valence-corrected chi connectivity index (χ3v) is 4.96. The summed E-state index contributed by atoms with van der Waals surface area (Å²) in [6, 6.07) is 7.16. The Bertz CT molecular complexity index is 773. The van der Waals surface area contributed by atoms with Gasteiger partial charge in [0.05, 0.1) is 24.6 Å². The van der Waals surface area contributed by atoms with Gasteiger partial charge in [0, 0.05) is 0 Å². The normalized spacial score (nSPS) is 21.5. The summed E-state index contributed by atoms with van der Waals surface area (Å²) in [4.78, 5) is 23.8. The summed E-state index contributed by atoms with van der Waals surface area (Å²) in [5.41, 5.74) is 0.615. The molecular weight excluding hydrogens is 407 g/mol. The van der Waals surface area contributed by atoms with Crippen LogP contribution >= 0.6 is 0 Å². The van der Waals surface area contributed by atoms with Gasteiger partial charge in [0.15, 0.2) is 10.3 Å². The van der Waals surface area contributed by atoms with Gasteiger partial charge < -0.3 is 14.4 Å². The van der Waals surface area contributed by atoms with Crippen LogP contribution in [0.5, 0.6) is 0 Å². The molecule has 1 saturated heterocycles. The van der Waals surface area contributed by atoms with E-state index < -0.39 is 46.5 Å². The third-order valence-electron chi connectivity index (χ3n) is 4.06. The van der Waals surface area contributed by atoms with E-state index in [9.17, 15) is 32.9 Å². The molecule has 4 atom stereocenters. The molecule has 2 N–H and O–H groups in total. The van der Waals surface area contributed by atoms with Crippen LogP contribution in [0, 0.1) is 5.92 Å². The number of carbonyl (C=O) groups excluding carboxylic acids is 2. The number of hydroxylamine groups is 2. The van der Waals surface area contributed by atoms with Crippen LogP contribution in [0.4, 0.5) is 4.79 Å². The molecule has 1 aliphatic heterocycles. The van der Waals surface area contributed by atoms with E-state index in [1.807, 2.05) is 0 Å². The summed E-state index contributed by atoms with van der Waals surface area (Å²) >= 11 is 0. The van der Waals surface area contributed by atoms with E-state index in [-0.39, 0.29) is 67.3 Å². The third kappa shape index (κ3) is 5.71. The molecule has 1 heterocycles. The molecule has 0 unspecified atom stereocenters. The van der Waals surface area contributed by atoms with Crippen molar-refractivity contribution >= 4 is 22.3 Å². The second-order valence-electron chi connectivity index (χ2n) is 5.98. The van der Waals surface area contributed by atoms with Gasteiger partial charge in [-0.25, -0.2) is 17.5 Å². The van der Waals surface area contributed by atoms with Crippen LogP contribution in [-0.4, -0.2) is 62.9 Å². The molecule has 0 aliphatic carbocycles. The number of aliphatic hydroxyl groups is 1. The van der Waals surface area contributed by atoms with Crippen molar-refractivity contribution < 1.29 is 89.0 Å². The van der Waals surface area contributed by atoms with Gasteiger partial charge in [-0.1, -0.05) is 30.3 Å². The first-order valence-corrected chi connectivity index (χ1v) is 9.08. The summed E-state index contributed by atoms with van der Waals surface area (Å²) in [5, 5.41) is 19.7. The Kier molecular flexibility index (Phi) is 8.84. The zero-order chi connectivity index (χ0) is 19.6. The fraction of sp³-hybridized carbons (Fsp3) is 0.467. The molecule has 12 heteroatoms. The molecule has 10 nitrogen and oxygen atoms in total. The monoisotopic (exact) mass is 426 g/mol. The molecule has 0 bridgehead atoms. The van der Waals surface area contributed by atoms with Crippen molar-refractivity contribution in [1.82, 2.24) is 9.37 Å². The zero-order valence-electron chi connectivity index (χ0n) is 15.0. The van der Waals surface area contributed by atoms with Crippen LogP contribution in [0.15, 0.2) is 30.3 Å². The number of carbonyl (C=O) groups is 2. The Morgan fingerprint density at radius 3 is 2.37 bits per heavy atom. The van der Waals surface area contributed by atoms with Gasteiger partial charge in [0.2, 0.25) is 5.91 Å². The molecular formula is C15H19KN2O8S. The van der Waals surface area contributed by atoms with E-state index in [1.54, 1.807) is 30.3 Å². The number of rotatable bonds is 6. The van der Waals surface area contributed by atoms with E-state index in [0.29, 0.717) is 5.56 Å². The van der Waals surface area contributed by atoms with Gasteiger partial charge in [-0.05, 0) is 19.4 Å². The fourth-order valence-corrected chi connectivity index (χ4v) is 3.79. The Labute approximate surface area is 199 Å². The predicted octanol–water partition coefficient (Wildman–Crippen LogP) is -2.93. The molecule has 0 saturated carbocycles. The minimum Gasteiger partial charge on any atom is -0.731 e. The molecule has 0 radical (unpaired) electrons. The fourth-order valence-electron chi connectivity index (χ4n) is 2.85. The van der Waals surface area contributed by atoms with Crippen molar-refractivity contribution in [3.63, 3.8) is 0 Å². The van der Waals surface area contributed by atoms with Crippen LogP contribution in [-0.2, 0) is 26.4 Å². The topological polar surface area (TPSA) is 148 Å². The summed E-state index contributed by atoms with van der Waals surface area (Å²) in [7, 11) is -5.13. The number of benzene rings is 1. The quantitative estimate of drug-likeness (QED) is 0.162. The summed E-state index contributed by atoms with van der Waals surface area (Å²) in [6.07, 6.45) is -3.69. The molecule has 1 aromatic rings. The van der Waals surface area contributed by atoms with Crippen LogP contribution in [0.25, 0.3) is 0 Å². The number of hydrogen-bond donors (Lipinski definition) is 2. The van der Waals surface area contributed by atoms with E-state index in [0.717, 1.165) is 0 Å². The standard InChI is InChI=1S/C15H20N2O8S.K/c1-9(18)12-13(17(14(12)19)26(22,23)24)10(2)25-15(20)16(21)8-11-6-4-3-5-7-11;/h3-7,9-10,12-13,18,21H,8H2,1-2H3,(H,22,23,24);/q;+1/p-1/t9-,10+,12-,13-;/m1./s1. The average Bonchev–Trinajstić information content (AvgIpc) is 2.51. The van der Waals surface area contributed by atoms with Gasteiger partial charge in [0.25, 0.3) is 0 Å². The smallest absolute Gasteiger partial charge is 0.731 e. The van der Waals surface area contributed by atoms with Crippen LogP contribution < -0.4 is 51.4 Å². The van der Waals surface area contributed by atoms with E-state index in [2.05, 4.69) is 0 Å². The first kappa shape index (κ1) is 24.5. The Morgan fingerprint density at radius 1 is 1.33 bits per heavy atom. The number of nitrogens with zero attached hydrogens (tertiary/aromatic N) is 2. The second-order valence-corrected chi connectivity index (χ2v) is 7.23. The number of β-lactam (4-membered cyclic amide) rings is 1. The Hall–Kier alpha value is -0.574. The second kappa shape index (κ2) is 9.76. The summed E-state index contributed by atoms with van der Waals surface area (Å²) in [5.74, 6) is -2.27. The minimum absolute atomic E-state index is 0. The molecule has 1 aliphatic rings. The van der Waals surface area contributed by atoms with Gasteiger partial charge >= 0.3 is 57.5 Å². The molecule has 144 valence electrons. The van der Waals surface area contributed by atoms with E-state index in [1.165, 1.54) is 13.8 Å². The average molecular weight is 426 g/mol. The van der Waals surface area contributed by atoms with Crippen molar-refractivity contribution in [2.45, 2.75) is 38.6 Å². The van der Waals surface area contributed by atoms with Crippen molar-refractivity contribution in [1.29, 1.82) is 0 Å². The van der Waals surface area contributed by atoms with Crippen molar-refractivity contribution in [2.75, 3.05) is 0 Å². The molecule has 1 fully saturated rings. The SMILES string of the molecule is C[C@H](OC(=O)N(O)Cc1ccccc1)[C@@H]1[C@@H]([C@@H](C)O)C(=O)N1S(=O)(=O)[O-].[K+]. The van der Waals surface area contributed by atoms with E-state index >= 15 is 0 Å². The van der Waals surface area contributed by atoms with Gasteiger partial charge in [-0.2, -0.15) is 5.06 Å². The Morgan fingerprint density at radius 2 is 1.89 bits per heavy atom. The Balaban J connectivity index is 0.00000364. The minimum atomic E-state index is -5.13. The molecule has 2 amide bonds. The van der Waals surface area contributed by atoms with Gasteiger partial charge in [0.1, 0.15) is 6.10 Å². The van der Waals surface area contributed by atoms with Crippen molar-refractivity contribution in [2.24, 2.45) is 5.92 Å². The molecule has 27 heavy (non-hydrogen) atoms.